The molecule has 0 aliphatic rings. The van der Waals surface area contributed by atoms with Crippen molar-refractivity contribution in [3.63, 3.8) is 0 Å². The smallest absolute Gasteiger partial charge is 0.363 e. The molecule has 2 unspecified atom stereocenters. The Balaban J connectivity index is 1.69. The van der Waals surface area contributed by atoms with Gasteiger partial charge in [-0.2, -0.15) is 5.06 Å². The fraction of sp³-hybridized carbons (Fsp3) is 0.395. The summed E-state index contributed by atoms with van der Waals surface area (Å²) in [6.07, 6.45) is 2.56. The molecule has 3 atom stereocenters. The highest BCUT2D eigenvalue weighted by Gasteiger charge is 2.34. The Morgan fingerprint density at radius 2 is 1.64 bits per heavy atom. The van der Waals surface area contributed by atoms with Gasteiger partial charge in [0.05, 0.1) is 49.9 Å². The van der Waals surface area contributed by atoms with E-state index >= 15 is 0 Å². The average molecular weight is 767 g/mol. The first-order valence-electron chi connectivity index (χ1n) is 17.7. The number of benzene rings is 2. The second-order valence-electron chi connectivity index (χ2n) is 12.1. The van der Waals surface area contributed by atoms with E-state index in [4.69, 9.17) is 23.8 Å². The van der Waals surface area contributed by atoms with E-state index in [1.807, 2.05) is 6.92 Å². The number of hydrogen-bond donors (Lipinski definition) is 5. The molecule has 17 nitrogen and oxygen atoms in total. The van der Waals surface area contributed by atoms with Crippen LogP contribution >= 0.6 is 0 Å². The first kappa shape index (κ1) is 43.0. The van der Waals surface area contributed by atoms with Crippen LogP contribution in [0.25, 0.3) is 11.3 Å². The Kier molecular flexibility index (Phi) is 16.7. The number of furan rings is 1. The van der Waals surface area contributed by atoms with Gasteiger partial charge in [-0.25, -0.2) is 9.59 Å². The number of unbranched alkanes of at least 4 members (excludes halogenated alkanes) is 2. The number of rotatable bonds is 23. The lowest BCUT2D eigenvalue weighted by Gasteiger charge is -2.31. The van der Waals surface area contributed by atoms with Gasteiger partial charge in [0.15, 0.2) is 5.76 Å². The maximum atomic E-state index is 13.5. The Morgan fingerprint density at radius 1 is 0.909 bits per heavy atom. The minimum atomic E-state index is -1.67. The molecule has 3 rings (SSSR count). The third-order valence-electron chi connectivity index (χ3n) is 8.42. The van der Waals surface area contributed by atoms with Gasteiger partial charge in [-0.3, -0.25) is 24.0 Å². The van der Waals surface area contributed by atoms with Crippen molar-refractivity contribution in [2.75, 3.05) is 20.4 Å². The molecular weight excluding hydrogens is 720 g/mol. The third-order valence-corrected chi connectivity index (χ3v) is 8.42. The highest BCUT2D eigenvalue weighted by Crippen LogP contribution is 2.29. The molecule has 4 amide bonds. The van der Waals surface area contributed by atoms with E-state index in [9.17, 15) is 38.7 Å². The third kappa shape index (κ3) is 12.3. The fourth-order valence-corrected chi connectivity index (χ4v) is 5.59. The highest BCUT2D eigenvalue weighted by atomic mass is 16.7. The van der Waals surface area contributed by atoms with E-state index in [2.05, 4.69) is 16.0 Å². The van der Waals surface area contributed by atoms with E-state index in [0.717, 1.165) is 17.9 Å². The van der Waals surface area contributed by atoms with Gasteiger partial charge < -0.3 is 44.9 Å². The molecule has 1 aromatic heterocycles. The molecule has 55 heavy (non-hydrogen) atoms. The molecule has 0 saturated carbocycles. The highest BCUT2D eigenvalue weighted by molar-refractivity contribution is 6.00. The minimum absolute atomic E-state index is 0.0486. The standard InChI is InChI=1S/C38H46N4O13/c1-5-8-9-10-26(29(6-2)42(22-43)55-38(51)23-11-14-25(52-4)15-12-23)34(46)39-21-40-36(48)31-18-17-30(54-31)24-13-16-27(32(19-24)53-7-3)35(47)41-28(37(49)50)20-33(44)45/h11-19,22,26,28-29H,5-10,20-21H2,1-4H3,(H,39,46)(H,40,48)(H,41,47)(H,44,45)(H,49,50)/t26?,28?,29-/m1/s1. The van der Waals surface area contributed by atoms with Crippen molar-refractivity contribution in [1.29, 1.82) is 0 Å². The lowest BCUT2D eigenvalue weighted by molar-refractivity contribution is -0.171. The molecule has 1 heterocycles. The van der Waals surface area contributed by atoms with Gasteiger partial charge in [-0.1, -0.05) is 39.2 Å². The van der Waals surface area contributed by atoms with Gasteiger partial charge in [0.2, 0.25) is 12.3 Å². The number of ether oxygens (including phenoxy) is 2. The Hall–Kier alpha value is -6.39. The second-order valence-corrected chi connectivity index (χ2v) is 12.1. The molecule has 3 aromatic rings. The predicted octanol–water partition coefficient (Wildman–Crippen LogP) is 4.02. The number of carbonyl (C=O) groups is 7. The number of carboxylic acids is 2. The Bertz CT molecular complexity index is 1810. The van der Waals surface area contributed by atoms with E-state index in [1.54, 1.807) is 26.0 Å². The van der Waals surface area contributed by atoms with Crippen LogP contribution in [0.4, 0.5) is 0 Å². The summed E-state index contributed by atoms with van der Waals surface area (Å²) in [7, 11) is 1.49. The number of hydrogen-bond acceptors (Lipinski definition) is 11. The van der Waals surface area contributed by atoms with Crippen LogP contribution in [-0.2, 0) is 24.0 Å². The number of aliphatic carboxylic acids is 2. The normalized spacial score (nSPS) is 12.3. The molecule has 0 spiro atoms. The molecule has 17 heteroatoms. The molecule has 0 saturated heterocycles. The summed E-state index contributed by atoms with van der Waals surface area (Å²) in [6, 6.07) is 10.8. The summed E-state index contributed by atoms with van der Waals surface area (Å²) in [5.41, 5.74) is 0.533. The number of carbonyl (C=O) groups excluding carboxylic acids is 5. The lowest BCUT2D eigenvalue weighted by Crippen LogP contribution is -2.49. The van der Waals surface area contributed by atoms with E-state index in [0.29, 0.717) is 30.6 Å². The molecule has 5 N–H and O–H groups in total. The lowest BCUT2D eigenvalue weighted by atomic mass is 9.90. The van der Waals surface area contributed by atoms with Crippen LogP contribution in [0.5, 0.6) is 11.5 Å². The minimum Gasteiger partial charge on any atom is -0.497 e. The van der Waals surface area contributed by atoms with E-state index in [-0.39, 0.29) is 48.1 Å². The molecule has 2 aromatic carbocycles. The van der Waals surface area contributed by atoms with Crippen molar-refractivity contribution < 1.29 is 62.5 Å². The zero-order valence-corrected chi connectivity index (χ0v) is 31.0. The van der Waals surface area contributed by atoms with Gasteiger partial charge in [-0.15, -0.1) is 0 Å². The second kappa shape index (κ2) is 21.3. The molecule has 0 aliphatic carbocycles. The van der Waals surface area contributed by atoms with Crippen LogP contribution in [-0.4, -0.2) is 89.8 Å². The predicted molar refractivity (Wildman–Crippen MR) is 195 cm³/mol. The zero-order chi connectivity index (χ0) is 40.5. The number of carboxylic acid groups (broad SMARTS) is 2. The largest absolute Gasteiger partial charge is 0.497 e. The van der Waals surface area contributed by atoms with Crippen LogP contribution in [0.3, 0.4) is 0 Å². The number of nitrogens with one attached hydrogen (secondary N) is 3. The van der Waals surface area contributed by atoms with Gasteiger partial charge in [0.1, 0.15) is 23.3 Å². The topological polar surface area (TPSA) is 240 Å². The van der Waals surface area contributed by atoms with Crippen LogP contribution in [0.15, 0.2) is 59.0 Å². The summed E-state index contributed by atoms with van der Waals surface area (Å²) < 4.78 is 16.4. The SMILES string of the molecule is CCCCCC(C(=O)NCNC(=O)c1ccc(-c2ccc(C(=O)NC(CC(=O)O)C(=O)O)c(OCC)c2)o1)[C@@H](CC)N(C=O)OC(=O)c1ccc(OC)cc1. The van der Waals surface area contributed by atoms with Crippen LogP contribution in [0, 0.1) is 5.92 Å². The maximum absolute atomic E-state index is 13.5. The monoisotopic (exact) mass is 766 g/mol. The van der Waals surface area contributed by atoms with E-state index in [1.165, 1.54) is 49.6 Å². The summed E-state index contributed by atoms with van der Waals surface area (Å²) in [4.78, 5) is 92.3. The van der Waals surface area contributed by atoms with Gasteiger partial charge >= 0.3 is 17.9 Å². The van der Waals surface area contributed by atoms with E-state index < -0.39 is 60.1 Å². The van der Waals surface area contributed by atoms with Crippen molar-refractivity contribution in [3.8, 4) is 22.8 Å². The first-order valence-corrected chi connectivity index (χ1v) is 17.7. The van der Waals surface area contributed by atoms with Crippen LogP contribution < -0.4 is 25.4 Å². The van der Waals surface area contributed by atoms with Gasteiger partial charge in [-0.05, 0) is 68.3 Å². The van der Waals surface area contributed by atoms with Crippen molar-refractivity contribution in [2.45, 2.75) is 71.4 Å². The van der Waals surface area contributed by atoms with Crippen LogP contribution in [0.2, 0.25) is 0 Å². The number of nitrogens with zero attached hydrogens (tertiary/aromatic N) is 1. The van der Waals surface area contributed by atoms with Crippen molar-refractivity contribution >= 4 is 42.0 Å². The quantitative estimate of drug-likeness (QED) is 0.0397. The molecule has 0 bridgehead atoms. The Labute approximate surface area is 317 Å². The van der Waals surface area contributed by atoms with Gasteiger partial charge in [0.25, 0.3) is 11.8 Å². The molecular formula is C38H46N4O13. The van der Waals surface area contributed by atoms with Crippen LogP contribution in [0.1, 0.15) is 90.6 Å². The summed E-state index contributed by atoms with van der Waals surface area (Å²) in [6.45, 7) is 5.28. The van der Waals surface area contributed by atoms with Crippen molar-refractivity contribution in [1.82, 2.24) is 21.0 Å². The number of hydroxylamine groups is 2. The average Bonchev–Trinajstić information content (AvgIpc) is 3.67. The fourth-order valence-electron chi connectivity index (χ4n) is 5.59. The number of methoxy groups -OCH3 is 1. The summed E-state index contributed by atoms with van der Waals surface area (Å²) in [5, 5.41) is 26.6. The van der Waals surface area contributed by atoms with Crippen molar-refractivity contribution in [3.05, 3.63) is 71.5 Å². The zero-order valence-electron chi connectivity index (χ0n) is 31.0. The first-order chi connectivity index (χ1) is 26.4. The molecule has 0 fully saturated rings. The molecule has 296 valence electrons. The summed E-state index contributed by atoms with van der Waals surface area (Å²) >= 11 is 0. The van der Waals surface area contributed by atoms with Gasteiger partial charge in [0, 0.05) is 5.56 Å². The molecule has 0 aliphatic heterocycles. The summed E-state index contributed by atoms with van der Waals surface area (Å²) in [5.74, 6) is -5.79. The molecule has 0 radical (unpaired) electrons. The maximum Gasteiger partial charge on any atom is 0.363 e. The number of amides is 4. The van der Waals surface area contributed by atoms with Crippen molar-refractivity contribution in [2.24, 2.45) is 5.92 Å². The Morgan fingerprint density at radius 3 is 2.24 bits per heavy atom.